The maximum absolute atomic E-state index is 11.9. The summed E-state index contributed by atoms with van der Waals surface area (Å²) in [4.78, 5) is 23.4. The van der Waals surface area contributed by atoms with Crippen molar-refractivity contribution in [2.24, 2.45) is 5.41 Å². The lowest BCUT2D eigenvalue weighted by molar-refractivity contribution is -0.150. The molecule has 0 unspecified atom stereocenters. The van der Waals surface area contributed by atoms with E-state index in [0.29, 0.717) is 11.3 Å². The molecule has 0 aliphatic carbocycles. The van der Waals surface area contributed by atoms with E-state index in [2.05, 4.69) is 10.1 Å². The third-order valence-corrected chi connectivity index (χ3v) is 2.98. The third kappa shape index (κ3) is 3.86. The highest BCUT2D eigenvalue weighted by Crippen LogP contribution is 2.20. The van der Waals surface area contributed by atoms with Gasteiger partial charge >= 0.3 is 5.97 Å². The summed E-state index contributed by atoms with van der Waals surface area (Å²) in [5.74, 6) is -0.752. The molecule has 3 N–H and O–H groups in total. The molecule has 0 spiro atoms. The average molecular weight is 285 g/mol. The second-order valence-electron chi connectivity index (χ2n) is 4.80. The summed E-state index contributed by atoms with van der Waals surface area (Å²) in [7, 11) is 1.31. The Kier molecular flexibility index (Phi) is 4.78. The quantitative estimate of drug-likeness (QED) is 0.653. The number of esters is 1. The SMILES string of the molecule is COC(=O)C(C)(C)CNC(=O)c1ccc(N)cc1Cl. The number of nitrogens with two attached hydrogens (primary N) is 1. The number of ether oxygens (including phenoxy) is 1. The van der Waals surface area contributed by atoms with Crippen LogP contribution in [0.1, 0.15) is 24.2 Å². The van der Waals surface area contributed by atoms with Crippen LogP contribution in [-0.2, 0) is 9.53 Å². The summed E-state index contributed by atoms with van der Waals surface area (Å²) in [6.45, 7) is 3.52. The van der Waals surface area contributed by atoms with Crippen LogP contribution in [0.15, 0.2) is 18.2 Å². The minimum absolute atomic E-state index is 0.152. The Bertz CT molecular complexity index is 501. The molecule has 0 aliphatic rings. The molecule has 0 radical (unpaired) electrons. The van der Waals surface area contributed by atoms with E-state index in [1.807, 2.05) is 0 Å². The van der Waals surface area contributed by atoms with Gasteiger partial charge in [-0.25, -0.2) is 0 Å². The first kappa shape index (κ1) is 15.3. The molecule has 6 heteroatoms. The number of nitrogen functional groups attached to an aromatic ring is 1. The molecule has 0 bridgehead atoms. The summed E-state index contributed by atoms with van der Waals surface area (Å²) in [5, 5.41) is 2.92. The standard InChI is InChI=1S/C13H17ClN2O3/c1-13(2,12(18)19-3)7-16-11(17)9-5-4-8(15)6-10(9)14/h4-6H,7,15H2,1-3H3,(H,16,17). The molecule has 1 aromatic carbocycles. The minimum atomic E-state index is -0.801. The predicted molar refractivity (Wildman–Crippen MR) is 74.0 cm³/mol. The zero-order chi connectivity index (χ0) is 14.6. The van der Waals surface area contributed by atoms with E-state index in [-0.39, 0.29) is 17.5 Å². The molecule has 0 atom stereocenters. The number of anilines is 1. The highest BCUT2D eigenvalue weighted by atomic mass is 35.5. The Morgan fingerprint density at radius 1 is 1.42 bits per heavy atom. The highest BCUT2D eigenvalue weighted by molar-refractivity contribution is 6.34. The topological polar surface area (TPSA) is 81.4 Å². The molecule has 0 aromatic heterocycles. The summed E-state index contributed by atoms with van der Waals surface area (Å²) < 4.78 is 4.66. The van der Waals surface area contributed by atoms with E-state index in [1.54, 1.807) is 19.9 Å². The number of rotatable bonds is 4. The van der Waals surface area contributed by atoms with Gasteiger partial charge in [-0.3, -0.25) is 9.59 Å². The van der Waals surface area contributed by atoms with Crippen LogP contribution in [-0.4, -0.2) is 25.5 Å². The number of nitrogens with one attached hydrogen (secondary N) is 1. The van der Waals surface area contributed by atoms with Gasteiger partial charge in [-0.05, 0) is 32.0 Å². The number of amides is 1. The summed E-state index contributed by atoms with van der Waals surface area (Å²) >= 11 is 5.93. The lowest BCUT2D eigenvalue weighted by atomic mass is 9.93. The molecule has 1 rings (SSSR count). The Morgan fingerprint density at radius 3 is 2.58 bits per heavy atom. The molecule has 104 valence electrons. The largest absolute Gasteiger partial charge is 0.469 e. The molecule has 0 heterocycles. The van der Waals surface area contributed by atoms with E-state index >= 15 is 0 Å². The molecule has 1 aromatic rings. The summed E-state index contributed by atoms with van der Waals surface area (Å²) in [6.07, 6.45) is 0. The van der Waals surface area contributed by atoms with Crippen molar-refractivity contribution in [1.82, 2.24) is 5.32 Å². The highest BCUT2D eigenvalue weighted by Gasteiger charge is 2.29. The third-order valence-electron chi connectivity index (χ3n) is 2.67. The lowest BCUT2D eigenvalue weighted by Crippen LogP contribution is -2.39. The van der Waals surface area contributed by atoms with Crippen molar-refractivity contribution in [2.75, 3.05) is 19.4 Å². The van der Waals surface area contributed by atoms with E-state index < -0.39 is 11.4 Å². The Balaban J connectivity index is 2.73. The Labute approximate surface area is 117 Å². The van der Waals surface area contributed by atoms with E-state index in [1.165, 1.54) is 19.2 Å². The van der Waals surface area contributed by atoms with Crippen molar-refractivity contribution >= 4 is 29.2 Å². The van der Waals surface area contributed by atoms with Gasteiger partial charge in [0.15, 0.2) is 0 Å². The van der Waals surface area contributed by atoms with Crippen LogP contribution in [0.2, 0.25) is 5.02 Å². The zero-order valence-electron chi connectivity index (χ0n) is 11.1. The van der Waals surface area contributed by atoms with Crippen LogP contribution in [0.3, 0.4) is 0 Å². The number of halogens is 1. The fourth-order valence-corrected chi connectivity index (χ4v) is 1.74. The van der Waals surface area contributed by atoms with Crippen LogP contribution >= 0.6 is 11.6 Å². The van der Waals surface area contributed by atoms with E-state index in [9.17, 15) is 9.59 Å². The van der Waals surface area contributed by atoms with Crippen molar-refractivity contribution in [3.63, 3.8) is 0 Å². The molecule has 19 heavy (non-hydrogen) atoms. The van der Waals surface area contributed by atoms with Crippen LogP contribution < -0.4 is 11.1 Å². The number of hydrogen-bond donors (Lipinski definition) is 2. The maximum atomic E-state index is 11.9. The summed E-state index contributed by atoms with van der Waals surface area (Å²) in [6, 6.07) is 4.63. The average Bonchev–Trinajstić information content (AvgIpc) is 2.35. The van der Waals surface area contributed by atoms with Gasteiger partial charge in [-0.2, -0.15) is 0 Å². The molecular weight excluding hydrogens is 268 g/mol. The monoisotopic (exact) mass is 284 g/mol. The molecular formula is C13H17ClN2O3. The van der Waals surface area contributed by atoms with Crippen molar-refractivity contribution in [3.8, 4) is 0 Å². The second-order valence-corrected chi connectivity index (χ2v) is 5.20. The van der Waals surface area contributed by atoms with Gasteiger partial charge in [-0.15, -0.1) is 0 Å². The molecule has 0 fully saturated rings. The number of methoxy groups -OCH3 is 1. The first-order chi connectivity index (χ1) is 8.77. The van der Waals surface area contributed by atoms with Gasteiger partial charge in [-0.1, -0.05) is 11.6 Å². The fourth-order valence-electron chi connectivity index (χ4n) is 1.46. The van der Waals surface area contributed by atoms with Gasteiger partial charge in [0.25, 0.3) is 5.91 Å². The molecule has 1 amide bonds. The number of hydrogen-bond acceptors (Lipinski definition) is 4. The molecule has 0 aliphatic heterocycles. The fraction of sp³-hybridized carbons (Fsp3) is 0.385. The predicted octanol–water partition coefficient (Wildman–Crippen LogP) is 1.85. The number of carbonyl (C=O) groups is 2. The van der Waals surface area contributed by atoms with Gasteiger partial charge in [0.1, 0.15) is 0 Å². The Morgan fingerprint density at radius 2 is 2.05 bits per heavy atom. The first-order valence-electron chi connectivity index (χ1n) is 5.69. The normalized spacial score (nSPS) is 10.9. The molecule has 0 saturated carbocycles. The molecule has 0 saturated heterocycles. The van der Waals surface area contributed by atoms with Crippen LogP contribution in [0.25, 0.3) is 0 Å². The smallest absolute Gasteiger partial charge is 0.313 e. The maximum Gasteiger partial charge on any atom is 0.313 e. The van der Waals surface area contributed by atoms with Crippen LogP contribution in [0, 0.1) is 5.41 Å². The van der Waals surface area contributed by atoms with Crippen molar-refractivity contribution in [2.45, 2.75) is 13.8 Å². The van der Waals surface area contributed by atoms with Gasteiger partial charge in [0.05, 0.1) is 23.1 Å². The Hall–Kier alpha value is -1.75. The number of benzene rings is 1. The van der Waals surface area contributed by atoms with E-state index in [4.69, 9.17) is 17.3 Å². The molecule has 5 nitrogen and oxygen atoms in total. The van der Waals surface area contributed by atoms with E-state index in [0.717, 1.165) is 0 Å². The van der Waals surface area contributed by atoms with Crippen LogP contribution in [0.4, 0.5) is 5.69 Å². The number of carbonyl (C=O) groups excluding carboxylic acids is 2. The zero-order valence-corrected chi connectivity index (χ0v) is 11.9. The van der Waals surface area contributed by atoms with Gasteiger partial charge in [0, 0.05) is 12.2 Å². The van der Waals surface area contributed by atoms with Gasteiger partial charge < -0.3 is 15.8 Å². The van der Waals surface area contributed by atoms with Crippen molar-refractivity contribution in [3.05, 3.63) is 28.8 Å². The van der Waals surface area contributed by atoms with Crippen LogP contribution in [0.5, 0.6) is 0 Å². The lowest BCUT2D eigenvalue weighted by Gasteiger charge is -2.21. The van der Waals surface area contributed by atoms with Crippen molar-refractivity contribution < 1.29 is 14.3 Å². The minimum Gasteiger partial charge on any atom is -0.469 e. The first-order valence-corrected chi connectivity index (χ1v) is 6.07. The second kappa shape index (κ2) is 5.93. The van der Waals surface area contributed by atoms with Crippen molar-refractivity contribution in [1.29, 1.82) is 0 Å². The summed E-state index contributed by atoms with van der Waals surface area (Å²) in [5.41, 5.74) is 5.55. The van der Waals surface area contributed by atoms with Gasteiger partial charge in [0.2, 0.25) is 0 Å².